The summed E-state index contributed by atoms with van der Waals surface area (Å²) in [5, 5.41) is 19.8. The lowest BCUT2D eigenvalue weighted by atomic mass is 9.89. The van der Waals surface area contributed by atoms with Gasteiger partial charge in [0.05, 0.1) is 22.6 Å². The second-order valence-corrected chi connectivity index (χ2v) is 5.28. The van der Waals surface area contributed by atoms with Crippen LogP contribution < -0.4 is 5.32 Å². The molecule has 0 aromatic heterocycles. The number of alkyl halides is 3. The number of halogens is 3. The number of hydrogen-bond donors (Lipinski definition) is 2. The van der Waals surface area contributed by atoms with Crippen LogP contribution in [0.15, 0.2) is 18.2 Å². The molecule has 0 radical (unpaired) electrons. The number of carbonyl (C=O) groups is 2. The zero-order valence-electron chi connectivity index (χ0n) is 11.8. The molecule has 5 nitrogen and oxygen atoms in total. The first-order chi connectivity index (χ1) is 9.97. The molecule has 0 atom stereocenters. The predicted octanol–water partition coefficient (Wildman–Crippen LogP) is 3.02. The Morgan fingerprint density at radius 2 is 1.91 bits per heavy atom. The van der Waals surface area contributed by atoms with Gasteiger partial charge in [-0.25, -0.2) is 0 Å². The number of nitrogens with zero attached hydrogens (tertiary/aromatic N) is 1. The van der Waals surface area contributed by atoms with Gasteiger partial charge in [-0.05, 0) is 32.0 Å². The number of carbonyl (C=O) groups excluding carboxylic acids is 1. The Bertz CT molecular complexity index is 646. The number of carboxylic acids is 1. The molecule has 0 saturated carbocycles. The summed E-state index contributed by atoms with van der Waals surface area (Å²) < 4.78 is 38.4. The van der Waals surface area contributed by atoms with Crippen LogP contribution in [0.4, 0.5) is 18.9 Å². The second kappa shape index (κ2) is 6.05. The first kappa shape index (κ1) is 17.5. The fourth-order valence-corrected chi connectivity index (χ4v) is 1.64. The molecule has 0 saturated heterocycles. The van der Waals surface area contributed by atoms with Gasteiger partial charge in [0.15, 0.2) is 0 Å². The van der Waals surface area contributed by atoms with Crippen LogP contribution in [0.5, 0.6) is 0 Å². The van der Waals surface area contributed by atoms with Crippen LogP contribution in [0.3, 0.4) is 0 Å². The lowest BCUT2D eigenvalue weighted by Crippen LogP contribution is -2.29. The number of rotatable bonds is 4. The summed E-state index contributed by atoms with van der Waals surface area (Å²) in [4.78, 5) is 22.6. The Hall–Kier alpha value is -2.56. The Kier molecular flexibility index (Phi) is 4.81. The fourth-order valence-electron chi connectivity index (χ4n) is 1.64. The molecular weight excluding hydrogens is 301 g/mol. The maximum atomic E-state index is 12.8. The molecule has 0 unspecified atom stereocenters. The third kappa shape index (κ3) is 4.22. The standard InChI is InChI=1S/C14H13F3N2O3/c1-13(2,12(21)22)6-11(20)19-9-4-3-8(7-18)10(5-9)14(15,16)17/h3-5H,6H2,1-2H3,(H,19,20)(H,21,22). The summed E-state index contributed by atoms with van der Waals surface area (Å²) in [6.07, 6.45) is -5.13. The van der Waals surface area contributed by atoms with Crippen molar-refractivity contribution in [2.75, 3.05) is 5.32 Å². The van der Waals surface area contributed by atoms with Crippen LogP contribution >= 0.6 is 0 Å². The van der Waals surface area contributed by atoms with Crippen molar-refractivity contribution in [1.29, 1.82) is 5.26 Å². The van der Waals surface area contributed by atoms with Crippen molar-refractivity contribution in [2.24, 2.45) is 5.41 Å². The lowest BCUT2D eigenvalue weighted by Gasteiger charge is -2.18. The van der Waals surface area contributed by atoms with Crippen LogP contribution in [0.1, 0.15) is 31.4 Å². The van der Waals surface area contributed by atoms with Gasteiger partial charge in [0.25, 0.3) is 0 Å². The van der Waals surface area contributed by atoms with Crippen molar-refractivity contribution in [1.82, 2.24) is 0 Å². The summed E-state index contributed by atoms with van der Waals surface area (Å²) in [7, 11) is 0. The zero-order valence-corrected chi connectivity index (χ0v) is 11.8. The number of nitrogens with one attached hydrogen (secondary N) is 1. The predicted molar refractivity (Wildman–Crippen MR) is 70.8 cm³/mol. The minimum Gasteiger partial charge on any atom is -0.481 e. The van der Waals surface area contributed by atoms with Gasteiger partial charge >= 0.3 is 12.1 Å². The third-order valence-electron chi connectivity index (χ3n) is 2.91. The summed E-state index contributed by atoms with van der Waals surface area (Å²) in [6, 6.07) is 4.17. The van der Waals surface area contributed by atoms with Crippen LogP contribution in [0, 0.1) is 16.7 Å². The van der Waals surface area contributed by atoms with E-state index >= 15 is 0 Å². The van der Waals surface area contributed by atoms with Gasteiger partial charge in [-0.3, -0.25) is 9.59 Å². The van der Waals surface area contributed by atoms with Crippen molar-refractivity contribution in [2.45, 2.75) is 26.4 Å². The van der Waals surface area contributed by atoms with E-state index in [1.165, 1.54) is 19.9 Å². The number of anilines is 1. The summed E-state index contributed by atoms with van der Waals surface area (Å²) in [6.45, 7) is 2.66. The van der Waals surface area contributed by atoms with E-state index in [4.69, 9.17) is 10.4 Å². The largest absolute Gasteiger partial charge is 0.481 e. The van der Waals surface area contributed by atoms with E-state index in [-0.39, 0.29) is 5.69 Å². The van der Waals surface area contributed by atoms with Crippen molar-refractivity contribution < 1.29 is 27.9 Å². The highest BCUT2D eigenvalue weighted by molar-refractivity contribution is 5.94. The highest BCUT2D eigenvalue weighted by atomic mass is 19.4. The molecule has 0 bridgehead atoms. The van der Waals surface area contributed by atoms with Gasteiger partial charge < -0.3 is 10.4 Å². The molecule has 1 aromatic rings. The van der Waals surface area contributed by atoms with E-state index < -0.39 is 41.0 Å². The van der Waals surface area contributed by atoms with Crippen molar-refractivity contribution in [3.8, 4) is 6.07 Å². The van der Waals surface area contributed by atoms with Crippen molar-refractivity contribution in [3.05, 3.63) is 29.3 Å². The number of benzene rings is 1. The molecule has 118 valence electrons. The van der Waals surface area contributed by atoms with E-state index in [2.05, 4.69) is 5.32 Å². The number of nitriles is 1. The molecule has 1 rings (SSSR count). The second-order valence-electron chi connectivity index (χ2n) is 5.28. The van der Waals surface area contributed by atoms with Gasteiger partial charge in [-0.2, -0.15) is 18.4 Å². The first-order valence-corrected chi connectivity index (χ1v) is 6.12. The van der Waals surface area contributed by atoms with E-state index in [0.29, 0.717) is 6.07 Å². The maximum Gasteiger partial charge on any atom is 0.417 e. The molecule has 1 aromatic carbocycles. The molecule has 22 heavy (non-hydrogen) atoms. The third-order valence-corrected chi connectivity index (χ3v) is 2.91. The topological polar surface area (TPSA) is 90.2 Å². The highest BCUT2D eigenvalue weighted by Crippen LogP contribution is 2.33. The van der Waals surface area contributed by atoms with Crippen LogP contribution in [-0.2, 0) is 15.8 Å². The van der Waals surface area contributed by atoms with Gasteiger partial charge in [0, 0.05) is 12.1 Å². The molecule has 0 aliphatic rings. The van der Waals surface area contributed by atoms with Gasteiger partial charge in [-0.15, -0.1) is 0 Å². The van der Waals surface area contributed by atoms with E-state index in [1.807, 2.05) is 0 Å². The molecule has 8 heteroatoms. The van der Waals surface area contributed by atoms with Crippen LogP contribution in [0.2, 0.25) is 0 Å². The minimum atomic E-state index is -4.73. The first-order valence-electron chi connectivity index (χ1n) is 6.12. The lowest BCUT2D eigenvalue weighted by molar-refractivity contribution is -0.149. The number of hydrogen-bond acceptors (Lipinski definition) is 3. The van der Waals surface area contributed by atoms with E-state index in [1.54, 1.807) is 0 Å². The normalized spacial score (nSPS) is 11.6. The summed E-state index contributed by atoms with van der Waals surface area (Å²) in [5.41, 5.74) is -3.22. The fraction of sp³-hybridized carbons (Fsp3) is 0.357. The Balaban J connectivity index is 2.99. The van der Waals surface area contributed by atoms with Gasteiger partial charge in [0.2, 0.25) is 5.91 Å². The van der Waals surface area contributed by atoms with Crippen LogP contribution in [-0.4, -0.2) is 17.0 Å². The Morgan fingerprint density at radius 1 is 1.32 bits per heavy atom. The molecule has 0 aliphatic heterocycles. The number of amides is 1. The minimum absolute atomic E-state index is 0.155. The van der Waals surface area contributed by atoms with Crippen molar-refractivity contribution >= 4 is 17.6 Å². The van der Waals surface area contributed by atoms with Gasteiger partial charge in [-0.1, -0.05) is 0 Å². The Morgan fingerprint density at radius 3 is 2.36 bits per heavy atom. The molecule has 2 N–H and O–H groups in total. The molecular formula is C14H13F3N2O3. The quantitative estimate of drug-likeness (QED) is 0.894. The van der Waals surface area contributed by atoms with E-state index in [0.717, 1.165) is 12.1 Å². The summed E-state index contributed by atoms with van der Waals surface area (Å²) in [5.74, 6) is -1.93. The molecule has 1 amide bonds. The maximum absolute atomic E-state index is 12.8. The Labute approximate surface area is 124 Å². The van der Waals surface area contributed by atoms with Gasteiger partial charge in [0.1, 0.15) is 0 Å². The number of aliphatic carboxylic acids is 1. The van der Waals surface area contributed by atoms with Crippen molar-refractivity contribution in [3.63, 3.8) is 0 Å². The summed E-state index contributed by atoms with van der Waals surface area (Å²) >= 11 is 0. The van der Waals surface area contributed by atoms with Crippen LogP contribution in [0.25, 0.3) is 0 Å². The van der Waals surface area contributed by atoms with E-state index in [9.17, 15) is 22.8 Å². The number of carboxylic acid groups (broad SMARTS) is 1. The molecule has 0 fully saturated rings. The highest BCUT2D eigenvalue weighted by Gasteiger charge is 2.34. The smallest absolute Gasteiger partial charge is 0.417 e. The average molecular weight is 314 g/mol. The molecule has 0 heterocycles. The SMILES string of the molecule is CC(C)(CC(=O)Nc1ccc(C#N)c(C(F)(F)F)c1)C(=O)O. The molecule has 0 aliphatic carbocycles. The molecule has 0 spiro atoms. The monoisotopic (exact) mass is 314 g/mol. The average Bonchev–Trinajstić information content (AvgIpc) is 2.36. The zero-order chi connectivity index (χ0) is 17.1.